The smallest absolute Gasteiger partial charge is 0.137 e. The van der Waals surface area contributed by atoms with E-state index in [-0.39, 0.29) is 6.61 Å². The van der Waals surface area contributed by atoms with Gasteiger partial charge >= 0.3 is 0 Å². The lowest BCUT2D eigenvalue weighted by Crippen LogP contribution is -2.17. The Labute approximate surface area is 140 Å². The third-order valence-corrected chi connectivity index (χ3v) is 4.07. The van der Waals surface area contributed by atoms with Crippen molar-refractivity contribution in [1.82, 2.24) is 14.7 Å². The summed E-state index contributed by atoms with van der Waals surface area (Å²) >= 11 is 0. The van der Waals surface area contributed by atoms with Gasteiger partial charge in [0, 0.05) is 24.3 Å². The van der Waals surface area contributed by atoms with Crippen molar-refractivity contribution in [2.45, 2.75) is 33.7 Å². The molecule has 1 atom stereocenters. The predicted molar refractivity (Wildman–Crippen MR) is 97.0 cm³/mol. The van der Waals surface area contributed by atoms with Gasteiger partial charge in [0.25, 0.3) is 0 Å². The summed E-state index contributed by atoms with van der Waals surface area (Å²) in [6, 6.07) is 3.86. The molecule has 6 heteroatoms. The van der Waals surface area contributed by atoms with Crippen LogP contribution in [0, 0.1) is 0 Å². The van der Waals surface area contributed by atoms with Crippen LogP contribution in [-0.2, 0) is 17.5 Å². The normalized spacial score (nSPS) is 13.1. The van der Waals surface area contributed by atoms with Crippen LogP contribution in [0.3, 0.4) is 0 Å². The van der Waals surface area contributed by atoms with E-state index < -0.39 is 11.0 Å². The fourth-order valence-corrected chi connectivity index (χ4v) is 2.95. The van der Waals surface area contributed by atoms with Crippen LogP contribution in [0.5, 0.6) is 0 Å². The highest BCUT2D eigenvalue weighted by Crippen LogP contribution is 2.15. The Morgan fingerprint density at radius 3 is 2.96 bits per heavy atom. The Kier molecular flexibility index (Phi) is 9.12. The number of hydrogen-bond acceptors (Lipinski definition) is 3. The second-order valence-electron chi connectivity index (χ2n) is 4.40. The molecule has 0 amide bonds. The predicted octanol–water partition coefficient (Wildman–Crippen LogP) is 3.18. The maximum absolute atomic E-state index is 12.2. The molecule has 0 bridgehead atoms. The first kappa shape index (κ1) is 19.3. The van der Waals surface area contributed by atoms with Gasteiger partial charge in [-0.3, -0.25) is 0 Å². The highest BCUT2D eigenvalue weighted by Gasteiger charge is 2.07. The number of aromatic nitrogens is 2. The number of nitrogens with zero attached hydrogens (tertiary/aromatic N) is 1. The molecule has 0 aliphatic carbocycles. The molecular formula is C17H25N3O2S. The first-order valence-electron chi connectivity index (χ1n) is 7.80. The van der Waals surface area contributed by atoms with Crippen molar-refractivity contribution in [2.24, 2.45) is 0 Å². The number of nitrogens with one attached hydrogen (secondary N) is 2. The van der Waals surface area contributed by atoms with Gasteiger partial charge in [0.05, 0.1) is 11.5 Å². The molecule has 1 unspecified atom stereocenters. The highest BCUT2D eigenvalue weighted by molar-refractivity contribution is 7.87. The molecule has 2 heterocycles. The van der Waals surface area contributed by atoms with Crippen LogP contribution in [0.15, 0.2) is 47.7 Å². The molecule has 2 aromatic rings. The second-order valence-corrected chi connectivity index (χ2v) is 5.70. The van der Waals surface area contributed by atoms with E-state index in [1.807, 2.05) is 45.2 Å². The minimum absolute atomic E-state index is 0.0631. The number of fused-ring (bicyclic) bond motifs is 1. The molecule has 0 aromatic carbocycles. The van der Waals surface area contributed by atoms with E-state index in [4.69, 9.17) is 5.11 Å². The first-order valence-corrected chi connectivity index (χ1v) is 8.95. The zero-order chi connectivity index (χ0) is 17.1. The van der Waals surface area contributed by atoms with E-state index in [0.29, 0.717) is 11.4 Å². The number of rotatable bonds is 7. The van der Waals surface area contributed by atoms with Crippen LogP contribution in [0.2, 0.25) is 0 Å². The van der Waals surface area contributed by atoms with E-state index in [1.54, 1.807) is 18.3 Å². The topological polar surface area (TPSA) is 78.0 Å². The van der Waals surface area contributed by atoms with E-state index in [9.17, 15) is 4.21 Å². The number of H-pyrrole nitrogens is 1. The molecule has 0 fully saturated rings. The van der Waals surface area contributed by atoms with E-state index in [1.165, 1.54) is 0 Å². The Hall–Kier alpha value is -1.76. The van der Waals surface area contributed by atoms with Gasteiger partial charge in [-0.05, 0) is 30.2 Å². The summed E-state index contributed by atoms with van der Waals surface area (Å²) in [5, 5.41) is 9.84. The maximum atomic E-state index is 12.2. The number of hydrogen-bond donors (Lipinski definition) is 3. The van der Waals surface area contributed by atoms with Crippen molar-refractivity contribution in [1.29, 1.82) is 0 Å². The number of pyridine rings is 1. The molecule has 2 rings (SSSR count). The summed E-state index contributed by atoms with van der Waals surface area (Å²) in [4.78, 5) is 7.98. The third-order valence-electron chi connectivity index (χ3n) is 2.94. The zero-order valence-electron chi connectivity index (χ0n) is 13.9. The standard InChI is InChI=1S/C15H19N3O2S.C2H6/c1-2-5-13(6-4-9-19)21(20)18-11-12-10-17-15-14(12)7-3-8-16-15;1-2/h3-8,10,18-19H,2,9,11H2,1H3,(H,16,17);1-2H3/b6-4-,13-5+;. The van der Waals surface area contributed by atoms with Gasteiger partial charge in [-0.2, -0.15) is 0 Å². The van der Waals surface area contributed by atoms with Crippen molar-refractivity contribution in [3.63, 3.8) is 0 Å². The molecule has 2 aromatic heterocycles. The molecule has 0 aliphatic heterocycles. The average Bonchev–Trinajstić information content (AvgIpc) is 3.01. The van der Waals surface area contributed by atoms with Crippen LogP contribution in [-0.4, -0.2) is 25.9 Å². The molecule has 0 radical (unpaired) electrons. The molecule has 23 heavy (non-hydrogen) atoms. The van der Waals surface area contributed by atoms with E-state index >= 15 is 0 Å². The molecule has 3 N–H and O–H groups in total. The van der Waals surface area contributed by atoms with Gasteiger partial charge in [0.15, 0.2) is 0 Å². The highest BCUT2D eigenvalue weighted by atomic mass is 32.2. The van der Waals surface area contributed by atoms with E-state index in [0.717, 1.165) is 23.0 Å². The maximum Gasteiger partial charge on any atom is 0.137 e. The van der Waals surface area contributed by atoms with Gasteiger partial charge in [0.2, 0.25) is 0 Å². The molecule has 0 spiro atoms. The minimum Gasteiger partial charge on any atom is -0.392 e. The van der Waals surface area contributed by atoms with Crippen molar-refractivity contribution in [3.05, 3.63) is 53.2 Å². The fourth-order valence-electron chi connectivity index (χ4n) is 1.96. The molecule has 0 saturated carbocycles. The van der Waals surface area contributed by atoms with Crippen molar-refractivity contribution >= 4 is 22.0 Å². The van der Waals surface area contributed by atoms with Gasteiger partial charge in [-0.1, -0.05) is 32.9 Å². The van der Waals surface area contributed by atoms with E-state index in [2.05, 4.69) is 14.7 Å². The number of aromatic amines is 1. The monoisotopic (exact) mass is 335 g/mol. The summed E-state index contributed by atoms with van der Waals surface area (Å²) in [5.74, 6) is 0. The fraction of sp³-hybridized carbons (Fsp3) is 0.353. The van der Waals surface area contributed by atoms with Crippen LogP contribution in [0.25, 0.3) is 11.0 Å². The van der Waals surface area contributed by atoms with Gasteiger partial charge in [-0.25, -0.2) is 13.9 Å². The number of aliphatic hydroxyl groups is 1. The number of allylic oxidation sites excluding steroid dienone is 2. The Morgan fingerprint density at radius 1 is 1.48 bits per heavy atom. The Morgan fingerprint density at radius 2 is 2.26 bits per heavy atom. The van der Waals surface area contributed by atoms with Crippen molar-refractivity contribution in [2.75, 3.05) is 6.61 Å². The summed E-state index contributed by atoms with van der Waals surface area (Å²) < 4.78 is 15.2. The van der Waals surface area contributed by atoms with Gasteiger partial charge in [0.1, 0.15) is 16.6 Å². The SMILES string of the molecule is CC.CC/C=C(\C=C/CO)S(=O)NCc1c[nH]c2ncccc12. The lowest BCUT2D eigenvalue weighted by molar-refractivity contribution is 0.342. The van der Waals surface area contributed by atoms with Crippen LogP contribution in [0.1, 0.15) is 32.8 Å². The number of aliphatic hydroxyl groups excluding tert-OH is 1. The van der Waals surface area contributed by atoms with Gasteiger partial charge < -0.3 is 10.1 Å². The second kappa shape index (κ2) is 10.9. The van der Waals surface area contributed by atoms with Crippen LogP contribution in [0.4, 0.5) is 0 Å². The zero-order valence-corrected chi connectivity index (χ0v) is 14.7. The third kappa shape index (κ3) is 5.74. The lowest BCUT2D eigenvalue weighted by atomic mass is 10.2. The molecule has 0 saturated heterocycles. The van der Waals surface area contributed by atoms with Gasteiger partial charge in [-0.15, -0.1) is 0 Å². The molecule has 126 valence electrons. The Balaban J connectivity index is 0.00000127. The van der Waals surface area contributed by atoms with Crippen LogP contribution < -0.4 is 4.72 Å². The summed E-state index contributed by atoms with van der Waals surface area (Å²) in [6.45, 7) is 6.40. The van der Waals surface area contributed by atoms with Crippen LogP contribution >= 0.6 is 0 Å². The summed E-state index contributed by atoms with van der Waals surface area (Å²) in [6.07, 6.45) is 9.53. The molecule has 0 aliphatic rings. The minimum atomic E-state index is -1.31. The quantitative estimate of drug-likeness (QED) is 0.680. The average molecular weight is 335 g/mol. The Bertz CT molecular complexity index is 677. The first-order chi connectivity index (χ1) is 11.3. The summed E-state index contributed by atoms with van der Waals surface area (Å²) in [5.41, 5.74) is 1.85. The molecule has 5 nitrogen and oxygen atoms in total. The molecular weight excluding hydrogens is 310 g/mol. The largest absolute Gasteiger partial charge is 0.392 e. The van der Waals surface area contributed by atoms with Crippen molar-refractivity contribution < 1.29 is 9.32 Å². The summed E-state index contributed by atoms with van der Waals surface area (Å²) in [7, 11) is -1.31. The van der Waals surface area contributed by atoms with Crippen molar-refractivity contribution in [3.8, 4) is 0 Å². The lowest BCUT2D eigenvalue weighted by Gasteiger charge is -2.05.